The summed E-state index contributed by atoms with van der Waals surface area (Å²) >= 11 is 0. The summed E-state index contributed by atoms with van der Waals surface area (Å²) in [5.74, 6) is 1.14. The smallest absolute Gasteiger partial charge is 0.334 e. The van der Waals surface area contributed by atoms with Gasteiger partial charge in [0, 0.05) is 37.2 Å². The predicted molar refractivity (Wildman–Crippen MR) is 136 cm³/mol. The molecule has 3 aromatic heterocycles. The number of allylic oxidation sites excluding steroid dienone is 2. The summed E-state index contributed by atoms with van der Waals surface area (Å²) in [6.07, 6.45) is 15.1. The lowest BCUT2D eigenvalue weighted by molar-refractivity contribution is 0.112. The summed E-state index contributed by atoms with van der Waals surface area (Å²) < 4.78 is 5.22. The Kier molecular flexibility index (Phi) is 6.24. The highest BCUT2D eigenvalue weighted by Crippen LogP contribution is 2.33. The van der Waals surface area contributed by atoms with Gasteiger partial charge in [0.05, 0.1) is 11.0 Å². The van der Waals surface area contributed by atoms with E-state index >= 15 is 0 Å². The van der Waals surface area contributed by atoms with E-state index in [1.165, 1.54) is 0 Å². The summed E-state index contributed by atoms with van der Waals surface area (Å²) in [7, 11) is 1.83. The van der Waals surface area contributed by atoms with Crippen LogP contribution < -0.4 is 11.0 Å². The van der Waals surface area contributed by atoms with Crippen molar-refractivity contribution in [1.82, 2.24) is 39.6 Å². The van der Waals surface area contributed by atoms with Crippen molar-refractivity contribution in [1.29, 1.82) is 0 Å². The maximum Gasteiger partial charge on any atom is 0.334 e. The number of hydrogen-bond acceptors (Lipinski definition) is 6. The van der Waals surface area contributed by atoms with Gasteiger partial charge in [-0.1, -0.05) is 43.7 Å². The molecular formula is C26H28N8O2. The summed E-state index contributed by atoms with van der Waals surface area (Å²) in [5, 5.41) is 17.4. The Bertz CT molecular complexity index is 1470. The topological polar surface area (TPSA) is 115 Å². The fourth-order valence-electron chi connectivity index (χ4n) is 4.74. The molecule has 0 spiro atoms. The first kappa shape index (κ1) is 23.3. The number of imidazole rings is 1. The van der Waals surface area contributed by atoms with E-state index < -0.39 is 5.41 Å². The second-order valence-electron chi connectivity index (χ2n) is 8.99. The van der Waals surface area contributed by atoms with Crippen LogP contribution in [0.3, 0.4) is 0 Å². The molecule has 1 aromatic carbocycles. The van der Waals surface area contributed by atoms with Gasteiger partial charge in [-0.05, 0) is 53.4 Å². The monoisotopic (exact) mass is 484 g/mol. The van der Waals surface area contributed by atoms with Gasteiger partial charge in [-0.2, -0.15) is 0 Å². The molecule has 0 saturated heterocycles. The molecule has 1 aliphatic heterocycles. The first-order valence-electron chi connectivity index (χ1n) is 11.9. The zero-order chi connectivity index (χ0) is 25.1. The number of dihydropyridines is 1. The molecule has 4 aromatic rings. The van der Waals surface area contributed by atoms with Gasteiger partial charge >= 0.3 is 5.69 Å². The van der Waals surface area contributed by atoms with Crippen molar-refractivity contribution in [3.63, 3.8) is 0 Å². The van der Waals surface area contributed by atoms with E-state index in [2.05, 4.69) is 45.0 Å². The van der Waals surface area contributed by atoms with Crippen LogP contribution in [0.25, 0.3) is 17.2 Å². The maximum atomic E-state index is 13.9. The van der Waals surface area contributed by atoms with E-state index in [0.717, 1.165) is 42.4 Å². The van der Waals surface area contributed by atoms with Gasteiger partial charge in [-0.25, -0.2) is 9.89 Å². The number of aromatic nitrogens is 7. The van der Waals surface area contributed by atoms with Gasteiger partial charge in [0.15, 0.2) is 12.1 Å². The Morgan fingerprint density at radius 1 is 1.17 bits per heavy atom. The van der Waals surface area contributed by atoms with Crippen LogP contribution in [-0.4, -0.2) is 40.6 Å². The van der Waals surface area contributed by atoms with Crippen LogP contribution in [0, 0.1) is 0 Å². The average molecular weight is 485 g/mol. The fraction of sp³-hybridized carbons (Fsp3) is 0.269. The molecule has 10 nitrogen and oxygen atoms in total. The Labute approximate surface area is 208 Å². The number of aryl methyl sites for hydroxylation is 2. The minimum Gasteiger partial charge on any atom is -0.368 e. The Hall–Kier alpha value is -4.47. The van der Waals surface area contributed by atoms with Crippen molar-refractivity contribution in [3.8, 4) is 17.2 Å². The van der Waals surface area contributed by atoms with Gasteiger partial charge in [0.2, 0.25) is 0 Å². The Morgan fingerprint density at radius 2 is 2.00 bits per heavy atom. The number of aromatic amines is 1. The van der Waals surface area contributed by atoms with Crippen LogP contribution in [0.2, 0.25) is 0 Å². The molecule has 36 heavy (non-hydrogen) atoms. The zero-order valence-corrected chi connectivity index (χ0v) is 20.3. The van der Waals surface area contributed by atoms with E-state index in [-0.39, 0.29) is 5.69 Å². The number of carbonyl (C=O) groups is 1. The van der Waals surface area contributed by atoms with Crippen molar-refractivity contribution in [2.75, 3.05) is 0 Å². The molecule has 184 valence electrons. The van der Waals surface area contributed by atoms with Gasteiger partial charge in [0.1, 0.15) is 5.82 Å². The van der Waals surface area contributed by atoms with Crippen LogP contribution in [-0.2, 0) is 25.4 Å². The number of rotatable bonds is 9. The first-order valence-corrected chi connectivity index (χ1v) is 11.9. The van der Waals surface area contributed by atoms with E-state index in [1.807, 2.05) is 54.5 Å². The van der Waals surface area contributed by atoms with Crippen LogP contribution in [0.1, 0.15) is 41.4 Å². The molecule has 0 radical (unpaired) electrons. The number of tetrazole rings is 1. The maximum absolute atomic E-state index is 13.9. The first-order chi connectivity index (χ1) is 17.6. The highest BCUT2D eigenvalue weighted by atomic mass is 16.2. The number of benzene rings is 1. The highest BCUT2D eigenvalue weighted by molar-refractivity contribution is 5.80. The lowest BCUT2D eigenvalue weighted by atomic mass is 9.78. The molecule has 0 fully saturated rings. The molecule has 10 heteroatoms. The molecule has 1 aliphatic rings. The minimum absolute atomic E-state index is 0.179. The third-order valence-corrected chi connectivity index (χ3v) is 6.67. The summed E-state index contributed by atoms with van der Waals surface area (Å²) in [6.45, 7) is 2.52. The van der Waals surface area contributed by atoms with Gasteiger partial charge < -0.3 is 9.88 Å². The van der Waals surface area contributed by atoms with Crippen LogP contribution >= 0.6 is 0 Å². The van der Waals surface area contributed by atoms with Crippen LogP contribution in [0.15, 0.2) is 72.1 Å². The predicted octanol–water partition coefficient (Wildman–Crippen LogP) is 2.88. The molecule has 2 N–H and O–H groups in total. The number of H-pyrrole nitrogens is 1. The summed E-state index contributed by atoms with van der Waals surface area (Å²) in [5.41, 5.74) is 2.49. The summed E-state index contributed by atoms with van der Waals surface area (Å²) in [6, 6.07) is 9.71. The largest absolute Gasteiger partial charge is 0.368 e. The molecule has 5 rings (SSSR count). The van der Waals surface area contributed by atoms with Crippen molar-refractivity contribution in [3.05, 3.63) is 94.6 Å². The second kappa shape index (κ2) is 9.65. The second-order valence-corrected chi connectivity index (χ2v) is 8.99. The average Bonchev–Trinajstić information content (AvgIpc) is 3.64. The van der Waals surface area contributed by atoms with Crippen molar-refractivity contribution < 1.29 is 4.79 Å². The Balaban J connectivity index is 1.64. The summed E-state index contributed by atoms with van der Waals surface area (Å²) in [4.78, 5) is 25.6. The van der Waals surface area contributed by atoms with Crippen molar-refractivity contribution >= 4 is 6.29 Å². The highest BCUT2D eigenvalue weighted by Gasteiger charge is 2.31. The van der Waals surface area contributed by atoms with E-state index in [0.29, 0.717) is 23.8 Å². The third kappa shape index (κ3) is 4.10. The van der Waals surface area contributed by atoms with E-state index in [4.69, 9.17) is 0 Å². The van der Waals surface area contributed by atoms with E-state index in [1.54, 1.807) is 21.4 Å². The Morgan fingerprint density at radius 3 is 2.72 bits per heavy atom. The normalized spacial score (nSPS) is 14.2. The molecule has 0 unspecified atom stereocenters. The quantitative estimate of drug-likeness (QED) is 0.353. The number of hydrogen-bond donors (Lipinski definition) is 2. The van der Waals surface area contributed by atoms with Crippen LogP contribution in [0.4, 0.5) is 0 Å². The number of nitrogens with one attached hydrogen (secondary N) is 2. The fourth-order valence-corrected chi connectivity index (χ4v) is 4.74. The molecule has 0 bridgehead atoms. The number of aldehydes is 1. The molecule has 0 atom stereocenters. The SMILES string of the molecule is CCCCc1cn(-c2c(C=O)ccn2C)c(=O)n1CC1(c2cccc(-c3nnn[nH]3)c2)C=CNC=C1. The van der Waals surface area contributed by atoms with Crippen molar-refractivity contribution in [2.24, 2.45) is 7.05 Å². The van der Waals surface area contributed by atoms with Gasteiger partial charge in [0.25, 0.3) is 0 Å². The molecule has 4 heterocycles. The number of unbranched alkanes of at least 4 members (excludes halogenated alkanes) is 1. The standard InChI is InChI=1S/C26H28N8O2/c1-3-4-8-22-16-33(24-20(17-35)9-14-32(24)2)25(36)34(22)18-26(10-12-27-13-11-26)21-7-5-6-19(15-21)23-28-30-31-29-23/h5-7,9-17,27H,3-4,8,18H2,1-2H3,(H,28,29,30,31). The third-order valence-electron chi connectivity index (χ3n) is 6.67. The van der Waals surface area contributed by atoms with E-state index in [9.17, 15) is 9.59 Å². The minimum atomic E-state index is -0.590. The zero-order valence-electron chi connectivity index (χ0n) is 20.3. The lowest BCUT2D eigenvalue weighted by Gasteiger charge is -2.31. The van der Waals surface area contributed by atoms with Crippen LogP contribution in [0.5, 0.6) is 0 Å². The van der Waals surface area contributed by atoms with Gasteiger partial charge in [-0.15, -0.1) is 5.10 Å². The number of nitrogens with zero attached hydrogens (tertiary/aromatic N) is 6. The molecule has 0 saturated carbocycles. The van der Waals surface area contributed by atoms with Gasteiger partial charge in [-0.3, -0.25) is 13.9 Å². The number of carbonyl (C=O) groups excluding carboxylic acids is 1. The lowest BCUT2D eigenvalue weighted by Crippen LogP contribution is -2.36. The molecule has 0 aliphatic carbocycles. The molecule has 0 amide bonds. The molecular weight excluding hydrogens is 456 g/mol. The van der Waals surface area contributed by atoms with Crippen molar-refractivity contribution in [2.45, 2.75) is 38.1 Å².